The van der Waals surface area contributed by atoms with Gasteiger partial charge < -0.3 is 19.5 Å². The monoisotopic (exact) mass is 371 g/mol. The smallest absolute Gasteiger partial charge is 0.261 e. The van der Waals surface area contributed by atoms with Crippen molar-refractivity contribution >= 4 is 5.91 Å². The predicted molar refractivity (Wildman–Crippen MR) is 107 cm³/mol. The van der Waals surface area contributed by atoms with E-state index in [4.69, 9.17) is 14.2 Å². The van der Waals surface area contributed by atoms with Gasteiger partial charge >= 0.3 is 0 Å². The maximum absolute atomic E-state index is 12.4. The summed E-state index contributed by atoms with van der Waals surface area (Å²) in [6.07, 6.45) is -0.590. The molecule has 1 N–H and O–H groups in total. The van der Waals surface area contributed by atoms with Crippen LogP contribution < -0.4 is 19.5 Å². The highest BCUT2D eigenvalue weighted by Crippen LogP contribution is 2.26. The number of carbonyl (C=O) groups is 1. The molecule has 2 atom stereocenters. The number of benzene rings is 2. The zero-order chi connectivity index (χ0) is 19.8. The lowest BCUT2D eigenvalue weighted by Gasteiger charge is -2.21. The third-order valence-corrected chi connectivity index (χ3v) is 4.16. The third-order valence-electron chi connectivity index (χ3n) is 4.16. The number of hydrogen-bond donors (Lipinski definition) is 1. The molecule has 0 fully saturated rings. The van der Waals surface area contributed by atoms with Crippen LogP contribution in [-0.4, -0.2) is 31.8 Å². The van der Waals surface area contributed by atoms with Crippen molar-refractivity contribution in [3.63, 3.8) is 0 Å². The van der Waals surface area contributed by atoms with Crippen LogP contribution in [0.5, 0.6) is 17.2 Å². The van der Waals surface area contributed by atoms with Gasteiger partial charge in [-0.2, -0.15) is 0 Å². The molecule has 5 nitrogen and oxygen atoms in total. The average Bonchev–Trinajstić information content (AvgIpc) is 2.67. The van der Waals surface area contributed by atoms with Crippen LogP contribution in [0, 0.1) is 0 Å². The van der Waals surface area contributed by atoms with E-state index in [1.165, 1.54) is 0 Å². The highest BCUT2D eigenvalue weighted by Gasteiger charge is 2.19. The van der Waals surface area contributed by atoms with Gasteiger partial charge in [0.25, 0.3) is 5.91 Å². The van der Waals surface area contributed by atoms with Crippen LogP contribution in [0.15, 0.2) is 48.5 Å². The Labute approximate surface area is 161 Å². The van der Waals surface area contributed by atoms with Crippen LogP contribution in [0.1, 0.15) is 39.2 Å². The average molecular weight is 371 g/mol. The summed E-state index contributed by atoms with van der Waals surface area (Å²) < 4.78 is 16.7. The number of ether oxygens (including phenoxy) is 3. The molecule has 2 rings (SSSR count). The molecule has 0 aliphatic heterocycles. The van der Waals surface area contributed by atoms with Crippen molar-refractivity contribution in [2.24, 2.45) is 0 Å². The summed E-state index contributed by atoms with van der Waals surface area (Å²) in [6.45, 7) is 8.23. The summed E-state index contributed by atoms with van der Waals surface area (Å²) in [5.74, 6) is 2.41. The lowest BCUT2D eigenvalue weighted by molar-refractivity contribution is -0.128. The lowest BCUT2D eigenvalue weighted by Crippen LogP contribution is -2.43. The minimum atomic E-state index is -0.590. The molecule has 0 saturated carbocycles. The van der Waals surface area contributed by atoms with Crippen LogP contribution >= 0.6 is 0 Å². The second-order valence-electron chi connectivity index (χ2n) is 6.85. The molecule has 0 aromatic heterocycles. The summed E-state index contributed by atoms with van der Waals surface area (Å²) >= 11 is 0. The van der Waals surface area contributed by atoms with Gasteiger partial charge in [0.15, 0.2) is 6.10 Å². The Bertz CT molecular complexity index is 727. The zero-order valence-electron chi connectivity index (χ0n) is 16.7. The Morgan fingerprint density at radius 2 is 1.59 bits per heavy atom. The van der Waals surface area contributed by atoms with Crippen LogP contribution in [0.4, 0.5) is 0 Å². The lowest BCUT2D eigenvalue weighted by atomic mass is 10.0. The molecule has 2 aromatic rings. The fourth-order valence-corrected chi connectivity index (χ4v) is 2.60. The van der Waals surface area contributed by atoms with Crippen molar-refractivity contribution in [1.82, 2.24) is 5.32 Å². The first-order valence-electron chi connectivity index (χ1n) is 9.23. The standard InChI is InChI=1S/C22H29NO4/c1-15(2)20-8-6-7-9-21(20)27-17(4)22(24)23-16(3)14-26-19-12-10-18(25-5)11-13-19/h6-13,15-17H,14H2,1-5H3,(H,23,24)/t16-,17+/m1/s1. The van der Waals surface area contributed by atoms with Gasteiger partial charge in [-0.25, -0.2) is 0 Å². The van der Waals surface area contributed by atoms with E-state index in [0.717, 1.165) is 22.8 Å². The molecule has 2 aromatic carbocycles. The summed E-state index contributed by atoms with van der Waals surface area (Å²) in [6, 6.07) is 15.0. The van der Waals surface area contributed by atoms with Crippen LogP contribution in [0.2, 0.25) is 0 Å². The van der Waals surface area contributed by atoms with E-state index in [2.05, 4.69) is 19.2 Å². The maximum atomic E-state index is 12.4. The SMILES string of the molecule is COc1ccc(OC[C@@H](C)NC(=O)[C@H](C)Oc2ccccc2C(C)C)cc1. The fraction of sp³-hybridized carbons (Fsp3) is 0.409. The van der Waals surface area contributed by atoms with Crippen molar-refractivity contribution in [2.45, 2.75) is 45.8 Å². The molecule has 0 bridgehead atoms. The molecule has 0 radical (unpaired) electrons. The first-order valence-corrected chi connectivity index (χ1v) is 9.23. The topological polar surface area (TPSA) is 56.8 Å². The minimum Gasteiger partial charge on any atom is -0.497 e. The van der Waals surface area contributed by atoms with Crippen molar-refractivity contribution in [1.29, 1.82) is 0 Å². The second-order valence-corrected chi connectivity index (χ2v) is 6.85. The van der Waals surface area contributed by atoms with Gasteiger partial charge in [0.1, 0.15) is 23.9 Å². The molecule has 146 valence electrons. The van der Waals surface area contributed by atoms with Crippen LogP contribution in [0.25, 0.3) is 0 Å². The minimum absolute atomic E-state index is 0.147. The summed E-state index contributed by atoms with van der Waals surface area (Å²) in [7, 11) is 1.62. The number of para-hydroxylation sites is 1. The van der Waals surface area contributed by atoms with E-state index in [1.54, 1.807) is 14.0 Å². The summed E-state index contributed by atoms with van der Waals surface area (Å²) in [4.78, 5) is 12.4. The maximum Gasteiger partial charge on any atom is 0.261 e. The highest BCUT2D eigenvalue weighted by atomic mass is 16.5. The fourth-order valence-electron chi connectivity index (χ4n) is 2.60. The predicted octanol–water partition coefficient (Wildman–Crippen LogP) is 4.17. The molecule has 1 amide bonds. The van der Waals surface area contributed by atoms with Gasteiger partial charge in [-0.15, -0.1) is 0 Å². The molecule has 5 heteroatoms. The first-order chi connectivity index (χ1) is 12.9. The molecule has 0 aliphatic rings. The second kappa shape index (κ2) is 9.86. The van der Waals surface area contributed by atoms with Gasteiger partial charge in [-0.1, -0.05) is 32.0 Å². The van der Waals surface area contributed by atoms with E-state index in [0.29, 0.717) is 12.5 Å². The number of rotatable bonds is 9. The quantitative estimate of drug-likeness (QED) is 0.719. The van der Waals surface area contributed by atoms with Gasteiger partial charge in [-0.3, -0.25) is 4.79 Å². The van der Waals surface area contributed by atoms with Crippen molar-refractivity contribution in [3.8, 4) is 17.2 Å². The molecular formula is C22H29NO4. The molecule has 0 aliphatic carbocycles. The Balaban J connectivity index is 1.84. The number of hydrogen-bond acceptors (Lipinski definition) is 4. The van der Waals surface area contributed by atoms with Crippen LogP contribution in [-0.2, 0) is 4.79 Å². The number of nitrogens with one attached hydrogen (secondary N) is 1. The van der Waals surface area contributed by atoms with Crippen molar-refractivity contribution < 1.29 is 19.0 Å². The van der Waals surface area contributed by atoms with E-state index >= 15 is 0 Å². The van der Waals surface area contributed by atoms with Gasteiger partial charge in [0, 0.05) is 0 Å². The molecule has 0 spiro atoms. The van der Waals surface area contributed by atoms with E-state index in [-0.39, 0.29) is 11.9 Å². The zero-order valence-corrected chi connectivity index (χ0v) is 16.7. The third kappa shape index (κ3) is 6.20. The molecule has 27 heavy (non-hydrogen) atoms. The van der Waals surface area contributed by atoms with Gasteiger partial charge in [0.05, 0.1) is 13.2 Å². The van der Waals surface area contributed by atoms with Crippen LogP contribution in [0.3, 0.4) is 0 Å². The summed E-state index contributed by atoms with van der Waals surface area (Å²) in [5, 5.41) is 2.93. The molecule has 0 unspecified atom stereocenters. The Morgan fingerprint density at radius 3 is 2.22 bits per heavy atom. The van der Waals surface area contributed by atoms with Crippen molar-refractivity contribution in [3.05, 3.63) is 54.1 Å². The van der Waals surface area contributed by atoms with Crippen molar-refractivity contribution in [2.75, 3.05) is 13.7 Å². The number of methoxy groups -OCH3 is 1. The first kappa shape index (κ1) is 20.6. The van der Waals surface area contributed by atoms with E-state index < -0.39 is 6.10 Å². The summed E-state index contributed by atoms with van der Waals surface area (Å²) in [5.41, 5.74) is 1.09. The largest absolute Gasteiger partial charge is 0.497 e. The molecule has 0 heterocycles. The highest BCUT2D eigenvalue weighted by molar-refractivity contribution is 5.81. The van der Waals surface area contributed by atoms with Gasteiger partial charge in [0.2, 0.25) is 0 Å². The molecular weight excluding hydrogens is 342 g/mol. The Morgan fingerprint density at radius 1 is 0.963 bits per heavy atom. The number of amides is 1. The Kier molecular flexibility index (Phi) is 7.53. The molecule has 0 saturated heterocycles. The van der Waals surface area contributed by atoms with E-state index in [1.807, 2.05) is 55.5 Å². The van der Waals surface area contributed by atoms with E-state index in [9.17, 15) is 4.79 Å². The normalized spacial score (nSPS) is 13.0. The Hall–Kier alpha value is -2.69. The van der Waals surface area contributed by atoms with Gasteiger partial charge in [-0.05, 0) is 55.7 Å². The number of carbonyl (C=O) groups excluding carboxylic acids is 1.